The van der Waals surface area contributed by atoms with Gasteiger partial charge in [0.1, 0.15) is 0 Å². The molecule has 4 aromatic rings. The van der Waals surface area contributed by atoms with Gasteiger partial charge in [-0.3, -0.25) is 9.97 Å². The molecule has 148 valence electrons. The van der Waals surface area contributed by atoms with E-state index >= 15 is 0 Å². The fourth-order valence-corrected chi connectivity index (χ4v) is 2.28. The molecular weight excluding hydrogens is 388 g/mol. The van der Waals surface area contributed by atoms with Gasteiger partial charge in [-0.15, -0.1) is 12.4 Å². The first kappa shape index (κ1) is 23.3. The van der Waals surface area contributed by atoms with Gasteiger partial charge >= 0.3 is 6.16 Å². The van der Waals surface area contributed by atoms with Crippen LogP contribution >= 0.6 is 12.4 Å². The van der Waals surface area contributed by atoms with Gasteiger partial charge in [0.15, 0.2) is 0 Å². The van der Waals surface area contributed by atoms with Gasteiger partial charge in [-0.05, 0) is 24.3 Å². The van der Waals surface area contributed by atoms with Crippen molar-refractivity contribution in [2.75, 3.05) is 0 Å². The maximum absolute atomic E-state index is 8.56. The number of hydrogen-bond donors (Lipinski definition) is 2. The second-order valence-corrected chi connectivity index (χ2v) is 5.44. The van der Waals surface area contributed by atoms with E-state index in [1.165, 1.54) is 0 Å². The first-order valence-corrected chi connectivity index (χ1v) is 8.51. The normalized spacial score (nSPS) is 8.83. The summed E-state index contributed by atoms with van der Waals surface area (Å²) in [6, 6.07) is 32.2. The lowest BCUT2D eigenvalue weighted by molar-refractivity contribution is 0.137. The fraction of sp³-hybridized carbons (Fsp3) is 0. The van der Waals surface area contributed by atoms with Crippen molar-refractivity contribution in [3.8, 4) is 22.5 Å². The van der Waals surface area contributed by atoms with Crippen molar-refractivity contribution in [2.24, 2.45) is 0 Å². The molecule has 0 spiro atoms. The summed E-state index contributed by atoms with van der Waals surface area (Å²) < 4.78 is 0. The molecule has 0 unspecified atom stereocenters. The number of halogens is 1. The monoisotopic (exact) mass is 408 g/mol. The van der Waals surface area contributed by atoms with Crippen LogP contribution < -0.4 is 0 Å². The molecule has 0 atom stereocenters. The molecular formula is C23H21ClN2O3. The Bertz CT molecular complexity index is 785. The first-order chi connectivity index (χ1) is 13.7. The molecule has 0 bridgehead atoms. The van der Waals surface area contributed by atoms with Crippen LogP contribution in [0.15, 0.2) is 109 Å². The predicted molar refractivity (Wildman–Crippen MR) is 117 cm³/mol. The van der Waals surface area contributed by atoms with Crippen molar-refractivity contribution in [3.05, 3.63) is 109 Å². The number of hydrogen-bond acceptors (Lipinski definition) is 3. The van der Waals surface area contributed by atoms with Gasteiger partial charge in [-0.25, -0.2) is 4.79 Å². The molecule has 0 aliphatic heterocycles. The van der Waals surface area contributed by atoms with Gasteiger partial charge in [-0.1, -0.05) is 72.8 Å². The number of carbonyl (C=O) groups is 1. The van der Waals surface area contributed by atoms with Crippen LogP contribution in [0.2, 0.25) is 0 Å². The highest BCUT2D eigenvalue weighted by molar-refractivity contribution is 5.85. The smallest absolute Gasteiger partial charge is 0.450 e. The van der Waals surface area contributed by atoms with E-state index in [9.17, 15) is 0 Å². The summed E-state index contributed by atoms with van der Waals surface area (Å²) in [6.07, 6.45) is 1.78. The molecule has 2 heterocycles. The van der Waals surface area contributed by atoms with E-state index in [2.05, 4.69) is 34.2 Å². The molecule has 2 N–H and O–H groups in total. The van der Waals surface area contributed by atoms with Gasteiger partial charge in [0.2, 0.25) is 0 Å². The number of pyridine rings is 2. The van der Waals surface area contributed by atoms with Crippen LogP contribution in [-0.4, -0.2) is 26.3 Å². The van der Waals surface area contributed by atoms with Gasteiger partial charge < -0.3 is 10.2 Å². The number of nitrogens with zero attached hydrogens (tertiary/aromatic N) is 2. The minimum atomic E-state index is -1.83. The van der Waals surface area contributed by atoms with E-state index in [0.717, 1.165) is 22.5 Å². The molecule has 0 aliphatic carbocycles. The highest BCUT2D eigenvalue weighted by Crippen LogP contribution is 2.15. The first-order valence-electron chi connectivity index (χ1n) is 8.51. The fourth-order valence-electron chi connectivity index (χ4n) is 2.28. The van der Waals surface area contributed by atoms with Crippen molar-refractivity contribution in [1.82, 2.24) is 9.97 Å². The number of carboxylic acid groups (broad SMARTS) is 2. The topological polar surface area (TPSA) is 83.3 Å². The Kier molecular flexibility index (Phi) is 10.8. The van der Waals surface area contributed by atoms with Crippen LogP contribution in [0.4, 0.5) is 4.79 Å². The average Bonchev–Trinajstić information content (AvgIpc) is 2.76. The predicted octanol–water partition coefficient (Wildman–Crippen LogP) is 6.14. The zero-order valence-corrected chi connectivity index (χ0v) is 16.3. The van der Waals surface area contributed by atoms with E-state index in [1.807, 2.05) is 85.2 Å². The number of benzene rings is 2. The van der Waals surface area contributed by atoms with Gasteiger partial charge in [0.25, 0.3) is 0 Å². The Morgan fingerprint density at radius 1 is 0.552 bits per heavy atom. The second kappa shape index (κ2) is 13.5. The maximum Gasteiger partial charge on any atom is 0.503 e. The van der Waals surface area contributed by atoms with Crippen molar-refractivity contribution >= 4 is 18.6 Å². The van der Waals surface area contributed by atoms with E-state index in [1.54, 1.807) is 0 Å². The summed E-state index contributed by atoms with van der Waals surface area (Å²) in [5.74, 6) is 0. The van der Waals surface area contributed by atoms with Crippen LogP contribution in [-0.2, 0) is 0 Å². The van der Waals surface area contributed by atoms with E-state index in [4.69, 9.17) is 15.0 Å². The molecule has 0 saturated heterocycles. The van der Waals surface area contributed by atoms with Crippen molar-refractivity contribution < 1.29 is 15.0 Å². The van der Waals surface area contributed by atoms with Crippen molar-refractivity contribution in [1.29, 1.82) is 0 Å². The van der Waals surface area contributed by atoms with E-state index in [-0.39, 0.29) is 12.4 Å². The Morgan fingerprint density at radius 2 is 0.862 bits per heavy atom. The van der Waals surface area contributed by atoms with Crippen LogP contribution in [0.3, 0.4) is 0 Å². The lowest BCUT2D eigenvalue weighted by atomic mass is 10.1. The van der Waals surface area contributed by atoms with Crippen LogP contribution in [0.5, 0.6) is 0 Å². The summed E-state index contributed by atoms with van der Waals surface area (Å²) in [6.45, 7) is 0. The Labute approximate surface area is 175 Å². The lowest BCUT2D eigenvalue weighted by Crippen LogP contribution is -1.81. The van der Waals surface area contributed by atoms with Gasteiger partial charge in [-0.2, -0.15) is 0 Å². The molecule has 2 aromatic carbocycles. The third kappa shape index (κ3) is 9.17. The summed E-state index contributed by atoms with van der Waals surface area (Å²) in [5, 5.41) is 13.9. The minimum absolute atomic E-state index is 0. The summed E-state index contributed by atoms with van der Waals surface area (Å²) in [4.78, 5) is 17.1. The molecule has 2 aromatic heterocycles. The molecule has 0 radical (unpaired) electrons. The SMILES string of the molecule is Cl.O=C(O)O.c1ccc(-c2ccccn2)cc1.c1ccc(-c2ccccn2)cc1. The zero-order valence-electron chi connectivity index (χ0n) is 15.5. The maximum atomic E-state index is 8.56. The summed E-state index contributed by atoms with van der Waals surface area (Å²) in [5.41, 5.74) is 4.38. The molecule has 5 nitrogen and oxygen atoms in total. The molecule has 4 rings (SSSR count). The zero-order chi connectivity index (χ0) is 20.0. The Morgan fingerprint density at radius 3 is 1.14 bits per heavy atom. The van der Waals surface area contributed by atoms with Crippen molar-refractivity contribution in [3.63, 3.8) is 0 Å². The molecule has 0 fully saturated rings. The highest BCUT2D eigenvalue weighted by Gasteiger charge is 1.94. The van der Waals surface area contributed by atoms with Crippen molar-refractivity contribution in [2.45, 2.75) is 0 Å². The third-order valence-corrected chi connectivity index (χ3v) is 3.47. The third-order valence-electron chi connectivity index (χ3n) is 3.47. The minimum Gasteiger partial charge on any atom is -0.450 e. The molecule has 0 aliphatic rings. The van der Waals surface area contributed by atoms with Crippen LogP contribution in [0, 0.1) is 0 Å². The quantitative estimate of drug-likeness (QED) is 0.416. The van der Waals surface area contributed by atoms with E-state index in [0.29, 0.717) is 0 Å². The molecule has 0 amide bonds. The van der Waals surface area contributed by atoms with Crippen LogP contribution in [0.1, 0.15) is 0 Å². The van der Waals surface area contributed by atoms with Gasteiger partial charge in [0, 0.05) is 23.5 Å². The summed E-state index contributed by atoms with van der Waals surface area (Å²) in [7, 11) is 0. The van der Waals surface area contributed by atoms with Crippen LogP contribution in [0.25, 0.3) is 22.5 Å². The number of aromatic nitrogens is 2. The summed E-state index contributed by atoms with van der Waals surface area (Å²) >= 11 is 0. The molecule has 0 saturated carbocycles. The largest absolute Gasteiger partial charge is 0.503 e. The standard InChI is InChI=1S/2C11H9N.CH2O3.ClH/c2*1-2-6-10(7-3-1)11-8-4-5-9-12-11;2-1(3)4;/h2*1-9H;(H2,2,3,4);1H. The average molecular weight is 409 g/mol. The number of rotatable bonds is 2. The Balaban J connectivity index is 0.000000239. The van der Waals surface area contributed by atoms with Gasteiger partial charge in [0.05, 0.1) is 11.4 Å². The Hall–Kier alpha value is -3.70. The lowest BCUT2D eigenvalue weighted by Gasteiger charge is -1.97. The molecule has 6 heteroatoms. The highest BCUT2D eigenvalue weighted by atomic mass is 35.5. The van der Waals surface area contributed by atoms with E-state index < -0.39 is 6.16 Å². The second-order valence-electron chi connectivity index (χ2n) is 5.44. The molecule has 29 heavy (non-hydrogen) atoms.